The van der Waals surface area contributed by atoms with Crippen molar-refractivity contribution in [1.82, 2.24) is 0 Å². The maximum atomic E-state index is 13.3. The van der Waals surface area contributed by atoms with Gasteiger partial charge in [0.05, 0.1) is 22.6 Å². The molecule has 0 radical (unpaired) electrons. The molecule has 1 saturated carbocycles. The standard InChI is InChI=1S/C17H23BF2N2O3S/c1-15(2)16(3,4)25-18(24-15)12-6-7-13-14(8-12)21(5)26(23)22(13)10-11-9-17(11,19)20/h6-8,11H,9-10H2,1-5H3. The average Bonchev–Trinajstić information content (AvgIpc) is 2.98. The van der Waals surface area contributed by atoms with Crippen LogP contribution in [0.5, 0.6) is 0 Å². The summed E-state index contributed by atoms with van der Waals surface area (Å²) in [6.45, 7) is 8.03. The van der Waals surface area contributed by atoms with Crippen molar-refractivity contribution >= 4 is 35.1 Å². The molecule has 4 rings (SSSR count). The van der Waals surface area contributed by atoms with E-state index in [4.69, 9.17) is 9.31 Å². The third kappa shape index (κ3) is 2.67. The van der Waals surface area contributed by atoms with E-state index < -0.39 is 41.3 Å². The summed E-state index contributed by atoms with van der Waals surface area (Å²) in [7, 11) is 1.18. The van der Waals surface area contributed by atoms with Crippen molar-refractivity contribution in [2.45, 2.75) is 51.2 Å². The van der Waals surface area contributed by atoms with Crippen LogP contribution in [0.4, 0.5) is 20.2 Å². The lowest BCUT2D eigenvalue weighted by molar-refractivity contribution is 0.00578. The highest BCUT2D eigenvalue weighted by atomic mass is 32.2. The van der Waals surface area contributed by atoms with Crippen LogP contribution in [-0.2, 0) is 20.5 Å². The molecular weight excluding hydrogens is 361 g/mol. The van der Waals surface area contributed by atoms with E-state index in [-0.39, 0.29) is 13.0 Å². The second-order valence-electron chi connectivity index (χ2n) is 8.29. The SMILES string of the molecule is CN1c2cc(B3OC(C)(C)C(C)(C)O3)ccc2N(CC2CC2(F)F)S1=O. The minimum atomic E-state index is -2.63. The number of rotatable bonds is 3. The van der Waals surface area contributed by atoms with Crippen LogP contribution in [0.15, 0.2) is 18.2 Å². The lowest BCUT2D eigenvalue weighted by Crippen LogP contribution is -2.41. The molecule has 0 amide bonds. The Bertz CT molecular complexity index is 773. The molecule has 5 nitrogen and oxygen atoms in total. The third-order valence-corrected chi connectivity index (χ3v) is 7.29. The topological polar surface area (TPSA) is 42.0 Å². The van der Waals surface area contributed by atoms with Crippen molar-refractivity contribution in [2.24, 2.45) is 5.92 Å². The van der Waals surface area contributed by atoms with Gasteiger partial charge in [0.2, 0.25) is 11.2 Å². The van der Waals surface area contributed by atoms with E-state index in [1.165, 1.54) is 0 Å². The number of alkyl halides is 2. The van der Waals surface area contributed by atoms with Crippen LogP contribution in [0.1, 0.15) is 34.1 Å². The molecule has 1 saturated heterocycles. The fourth-order valence-electron chi connectivity index (χ4n) is 3.28. The van der Waals surface area contributed by atoms with Crippen LogP contribution in [0, 0.1) is 5.92 Å². The van der Waals surface area contributed by atoms with Gasteiger partial charge in [-0.3, -0.25) is 8.61 Å². The third-order valence-electron chi connectivity index (χ3n) is 5.90. The highest BCUT2D eigenvalue weighted by molar-refractivity contribution is 7.88. The number of benzene rings is 1. The first-order valence-corrected chi connectivity index (χ1v) is 9.80. The van der Waals surface area contributed by atoms with Crippen molar-refractivity contribution in [3.8, 4) is 0 Å². The molecule has 0 bridgehead atoms. The Hall–Kier alpha value is -1.19. The fraction of sp³-hybridized carbons (Fsp3) is 0.647. The molecule has 26 heavy (non-hydrogen) atoms. The Kier molecular flexibility index (Phi) is 3.79. The smallest absolute Gasteiger partial charge is 0.399 e. The summed E-state index contributed by atoms with van der Waals surface area (Å²) in [6, 6.07) is 5.55. The normalized spacial score (nSPS) is 30.7. The molecule has 2 fully saturated rings. The predicted octanol–water partition coefficient (Wildman–Crippen LogP) is 2.48. The molecule has 142 valence electrons. The quantitative estimate of drug-likeness (QED) is 0.752. The van der Waals surface area contributed by atoms with Crippen molar-refractivity contribution in [1.29, 1.82) is 0 Å². The van der Waals surface area contributed by atoms with Crippen LogP contribution in [0.2, 0.25) is 0 Å². The van der Waals surface area contributed by atoms with E-state index in [9.17, 15) is 13.0 Å². The van der Waals surface area contributed by atoms with Gasteiger partial charge in [-0.05, 0) is 45.3 Å². The molecule has 1 aromatic rings. The summed E-state index contributed by atoms with van der Waals surface area (Å²) in [6.07, 6.45) is -0.133. The van der Waals surface area contributed by atoms with Crippen molar-refractivity contribution in [2.75, 3.05) is 22.2 Å². The number of fused-ring (bicyclic) bond motifs is 1. The molecule has 1 aromatic carbocycles. The van der Waals surface area contributed by atoms with E-state index in [2.05, 4.69) is 0 Å². The van der Waals surface area contributed by atoms with E-state index in [1.807, 2.05) is 45.9 Å². The Labute approximate surface area is 155 Å². The molecule has 0 aromatic heterocycles. The molecule has 0 spiro atoms. The second kappa shape index (κ2) is 5.42. The van der Waals surface area contributed by atoms with E-state index in [0.29, 0.717) is 5.69 Å². The first kappa shape index (κ1) is 18.2. The zero-order valence-electron chi connectivity index (χ0n) is 15.6. The largest absolute Gasteiger partial charge is 0.494 e. The average molecular weight is 384 g/mol. The van der Waals surface area contributed by atoms with Gasteiger partial charge in [-0.1, -0.05) is 6.07 Å². The fourth-order valence-corrected chi connectivity index (χ4v) is 4.52. The number of hydrogen-bond acceptors (Lipinski definition) is 3. The molecule has 2 aliphatic heterocycles. The molecular formula is C17H23BF2N2O3S. The van der Waals surface area contributed by atoms with E-state index in [0.717, 1.165) is 11.2 Å². The summed E-state index contributed by atoms with van der Waals surface area (Å²) in [5.74, 6) is -3.36. The van der Waals surface area contributed by atoms with Gasteiger partial charge in [0.25, 0.3) is 5.92 Å². The van der Waals surface area contributed by atoms with E-state index >= 15 is 0 Å². The van der Waals surface area contributed by atoms with Gasteiger partial charge in [-0.15, -0.1) is 0 Å². The molecule has 1 aliphatic carbocycles. The predicted molar refractivity (Wildman–Crippen MR) is 99.1 cm³/mol. The van der Waals surface area contributed by atoms with Crippen molar-refractivity contribution in [3.63, 3.8) is 0 Å². The van der Waals surface area contributed by atoms with Crippen LogP contribution in [0.25, 0.3) is 0 Å². The maximum absolute atomic E-state index is 13.3. The lowest BCUT2D eigenvalue weighted by Gasteiger charge is -2.32. The summed E-state index contributed by atoms with van der Waals surface area (Å²) < 4.78 is 54.5. The molecule has 0 N–H and O–H groups in total. The minimum absolute atomic E-state index is 0.0901. The Morgan fingerprint density at radius 2 is 1.77 bits per heavy atom. The number of anilines is 2. The highest BCUT2D eigenvalue weighted by Gasteiger charge is 2.58. The van der Waals surface area contributed by atoms with Crippen molar-refractivity contribution < 1.29 is 22.3 Å². The Morgan fingerprint density at radius 3 is 2.31 bits per heavy atom. The summed E-state index contributed by atoms with van der Waals surface area (Å²) in [5.41, 5.74) is 1.36. The van der Waals surface area contributed by atoms with Gasteiger partial charge >= 0.3 is 7.12 Å². The van der Waals surface area contributed by atoms with Gasteiger partial charge in [-0.25, -0.2) is 13.0 Å². The summed E-state index contributed by atoms with van der Waals surface area (Å²) in [4.78, 5) is 0. The van der Waals surface area contributed by atoms with Crippen molar-refractivity contribution in [3.05, 3.63) is 18.2 Å². The zero-order chi connectivity index (χ0) is 19.1. The van der Waals surface area contributed by atoms with Gasteiger partial charge in [0, 0.05) is 25.9 Å². The molecule has 2 unspecified atom stereocenters. The summed E-state index contributed by atoms with van der Waals surface area (Å²) in [5, 5.41) is 0. The molecule has 9 heteroatoms. The van der Waals surface area contributed by atoms with Gasteiger partial charge < -0.3 is 9.31 Å². The van der Waals surface area contributed by atoms with Crippen LogP contribution < -0.4 is 14.1 Å². The second-order valence-corrected chi connectivity index (χ2v) is 9.74. The lowest BCUT2D eigenvalue weighted by atomic mass is 9.78. The summed E-state index contributed by atoms with van der Waals surface area (Å²) >= 11 is -1.50. The number of nitrogens with zero attached hydrogens (tertiary/aromatic N) is 2. The Morgan fingerprint density at radius 1 is 1.19 bits per heavy atom. The van der Waals surface area contributed by atoms with Crippen LogP contribution >= 0.6 is 0 Å². The molecule has 2 atom stereocenters. The van der Waals surface area contributed by atoms with Gasteiger partial charge in [0.15, 0.2) is 0 Å². The number of hydrogen-bond donors (Lipinski definition) is 0. The van der Waals surface area contributed by atoms with Gasteiger partial charge in [-0.2, -0.15) is 0 Å². The van der Waals surface area contributed by atoms with Crippen LogP contribution in [0.3, 0.4) is 0 Å². The number of halogens is 2. The van der Waals surface area contributed by atoms with Crippen LogP contribution in [-0.4, -0.2) is 42.0 Å². The minimum Gasteiger partial charge on any atom is -0.399 e. The zero-order valence-corrected chi connectivity index (χ0v) is 16.4. The molecule has 3 aliphatic rings. The monoisotopic (exact) mass is 384 g/mol. The highest BCUT2D eigenvalue weighted by Crippen LogP contribution is 2.51. The first-order valence-electron chi connectivity index (χ1n) is 8.74. The molecule has 2 heterocycles. The van der Waals surface area contributed by atoms with Gasteiger partial charge in [0.1, 0.15) is 0 Å². The Balaban J connectivity index is 1.61. The van der Waals surface area contributed by atoms with E-state index in [1.54, 1.807) is 15.7 Å². The maximum Gasteiger partial charge on any atom is 0.494 e. The first-order chi connectivity index (χ1) is 11.9.